The van der Waals surface area contributed by atoms with Crippen molar-refractivity contribution in [2.75, 3.05) is 13.1 Å². The Kier molecular flexibility index (Phi) is 4.00. The van der Waals surface area contributed by atoms with Gasteiger partial charge in [-0.25, -0.2) is 14.8 Å². The van der Waals surface area contributed by atoms with Crippen LogP contribution in [0.3, 0.4) is 0 Å². The lowest BCUT2D eigenvalue weighted by Crippen LogP contribution is -2.41. The molecule has 0 bridgehead atoms. The van der Waals surface area contributed by atoms with Crippen molar-refractivity contribution in [3.63, 3.8) is 0 Å². The highest BCUT2D eigenvalue weighted by Crippen LogP contribution is 2.28. The van der Waals surface area contributed by atoms with Crippen molar-refractivity contribution in [1.82, 2.24) is 19.9 Å². The third-order valence-corrected chi connectivity index (χ3v) is 4.04. The summed E-state index contributed by atoms with van der Waals surface area (Å²) < 4.78 is 5.43. The molecule has 0 aromatic carbocycles. The first-order valence-corrected chi connectivity index (χ1v) is 8.13. The molecule has 2 aromatic heterocycles. The van der Waals surface area contributed by atoms with Crippen LogP contribution in [0.1, 0.15) is 51.0 Å². The maximum atomic E-state index is 12.1. The summed E-state index contributed by atoms with van der Waals surface area (Å²) in [5, 5.41) is 0. The molecule has 0 atom stereocenters. The van der Waals surface area contributed by atoms with Gasteiger partial charge in [-0.1, -0.05) is 0 Å². The van der Waals surface area contributed by atoms with Crippen molar-refractivity contribution >= 4 is 17.3 Å². The predicted molar refractivity (Wildman–Crippen MR) is 88.4 cm³/mol. The number of likely N-dealkylation sites (tertiary alicyclic amines) is 1. The lowest BCUT2D eigenvalue weighted by Gasteiger charge is -2.32. The molecule has 1 aliphatic heterocycles. The monoisotopic (exact) mass is 316 g/mol. The second-order valence-corrected chi connectivity index (χ2v) is 7.19. The summed E-state index contributed by atoms with van der Waals surface area (Å²) in [7, 11) is 0. The van der Waals surface area contributed by atoms with Crippen LogP contribution in [0.15, 0.2) is 12.1 Å². The molecule has 2 aromatic rings. The minimum atomic E-state index is -0.448. The number of carbonyl (C=O) groups excluding carboxylic acids is 1. The molecule has 1 aliphatic rings. The van der Waals surface area contributed by atoms with Crippen molar-refractivity contribution in [3.8, 4) is 0 Å². The fourth-order valence-electron chi connectivity index (χ4n) is 2.86. The largest absolute Gasteiger partial charge is 0.444 e. The van der Waals surface area contributed by atoms with E-state index in [1.807, 2.05) is 39.8 Å². The van der Waals surface area contributed by atoms with Gasteiger partial charge in [-0.05, 0) is 52.7 Å². The fourth-order valence-corrected chi connectivity index (χ4v) is 2.86. The van der Waals surface area contributed by atoms with E-state index in [0.29, 0.717) is 19.0 Å². The Morgan fingerprint density at radius 1 is 1.26 bits per heavy atom. The zero-order valence-corrected chi connectivity index (χ0v) is 14.2. The Labute approximate surface area is 136 Å². The number of H-pyrrole nitrogens is 1. The van der Waals surface area contributed by atoms with Gasteiger partial charge >= 0.3 is 6.09 Å². The number of hydrogen-bond acceptors (Lipinski definition) is 4. The molecule has 0 unspecified atom stereocenters. The van der Waals surface area contributed by atoms with Crippen molar-refractivity contribution in [3.05, 3.63) is 23.7 Å². The van der Waals surface area contributed by atoms with Crippen LogP contribution >= 0.6 is 0 Å². The number of nitrogens with one attached hydrogen (secondary N) is 1. The Morgan fingerprint density at radius 3 is 2.61 bits per heavy atom. The van der Waals surface area contributed by atoms with Gasteiger partial charge in [-0.3, -0.25) is 0 Å². The molecule has 6 nitrogen and oxygen atoms in total. The number of ether oxygens (including phenoxy) is 1. The number of piperidine rings is 1. The molecule has 0 saturated carbocycles. The first kappa shape index (κ1) is 15.8. The molecule has 1 amide bonds. The van der Waals surface area contributed by atoms with Gasteiger partial charge in [0.2, 0.25) is 0 Å². The number of aromatic nitrogens is 3. The van der Waals surface area contributed by atoms with Crippen LogP contribution in [0.2, 0.25) is 0 Å². The maximum absolute atomic E-state index is 12.1. The number of rotatable bonds is 1. The zero-order valence-electron chi connectivity index (χ0n) is 14.2. The summed E-state index contributed by atoms with van der Waals surface area (Å²) in [6, 6.07) is 4.00. The maximum Gasteiger partial charge on any atom is 0.410 e. The second kappa shape index (κ2) is 5.83. The van der Waals surface area contributed by atoms with Crippen LogP contribution in [-0.2, 0) is 4.74 Å². The van der Waals surface area contributed by atoms with Crippen LogP contribution in [0.4, 0.5) is 4.79 Å². The molecular formula is C17H24N4O2. The average Bonchev–Trinajstić information content (AvgIpc) is 2.88. The first-order chi connectivity index (χ1) is 10.8. The molecule has 3 rings (SSSR count). The summed E-state index contributed by atoms with van der Waals surface area (Å²) in [6.45, 7) is 9.03. The number of imidazole rings is 1. The van der Waals surface area contributed by atoms with E-state index in [9.17, 15) is 4.79 Å². The Morgan fingerprint density at radius 2 is 1.96 bits per heavy atom. The third kappa shape index (κ3) is 3.63. The van der Waals surface area contributed by atoms with Gasteiger partial charge in [0, 0.05) is 24.7 Å². The molecule has 0 spiro atoms. The summed E-state index contributed by atoms with van der Waals surface area (Å²) in [6.07, 6.45) is 1.55. The summed E-state index contributed by atoms with van der Waals surface area (Å²) >= 11 is 0. The highest BCUT2D eigenvalue weighted by Gasteiger charge is 2.28. The highest BCUT2D eigenvalue weighted by molar-refractivity contribution is 5.71. The number of nitrogens with zero attached hydrogens (tertiary/aromatic N) is 3. The van der Waals surface area contributed by atoms with E-state index in [1.54, 1.807) is 4.90 Å². The minimum Gasteiger partial charge on any atom is -0.444 e. The number of aromatic amines is 1. The first-order valence-electron chi connectivity index (χ1n) is 8.13. The lowest BCUT2D eigenvalue weighted by atomic mass is 9.96. The number of pyridine rings is 1. The number of hydrogen-bond donors (Lipinski definition) is 1. The second-order valence-electron chi connectivity index (χ2n) is 7.19. The third-order valence-electron chi connectivity index (χ3n) is 4.04. The zero-order chi connectivity index (χ0) is 16.6. The molecule has 0 radical (unpaired) electrons. The summed E-state index contributed by atoms with van der Waals surface area (Å²) in [4.78, 5) is 26.3. The normalized spacial score (nSPS) is 16.8. The highest BCUT2D eigenvalue weighted by atomic mass is 16.6. The SMILES string of the molecule is Cc1ccc2[nH]c(C3CCN(C(=O)OC(C)(C)C)CC3)nc2n1. The van der Waals surface area contributed by atoms with Crippen LogP contribution in [-0.4, -0.2) is 44.6 Å². The van der Waals surface area contributed by atoms with E-state index in [4.69, 9.17) is 4.74 Å². The fraction of sp³-hybridized carbons (Fsp3) is 0.588. The number of carbonyl (C=O) groups is 1. The molecular weight excluding hydrogens is 292 g/mol. The molecule has 0 aliphatic carbocycles. The van der Waals surface area contributed by atoms with E-state index in [0.717, 1.165) is 35.5 Å². The Bertz CT molecular complexity index is 709. The Balaban J connectivity index is 1.65. The molecule has 3 heterocycles. The van der Waals surface area contributed by atoms with Gasteiger partial charge < -0.3 is 14.6 Å². The van der Waals surface area contributed by atoms with Gasteiger partial charge in [-0.2, -0.15) is 0 Å². The van der Waals surface area contributed by atoms with Gasteiger partial charge in [0.15, 0.2) is 5.65 Å². The molecule has 1 saturated heterocycles. The molecule has 124 valence electrons. The standard InChI is InChI=1S/C17H24N4O2/c1-11-5-6-13-15(18-11)20-14(19-13)12-7-9-21(10-8-12)16(22)23-17(2,3)4/h5-6,12H,7-10H2,1-4H3,(H,18,19,20). The molecule has 6 heteroatoms. The smallest absolute Gasteiger partial charge is 0.410 e. The van der Waals surface area contributed by atoms with Crippen molar-refractivity contribution < 1.29 is 9.53 Å². The molecule has 23 heavy (non-hydrogen) atoms. The van der Waals surface area contributed by atoms with E-state index in [2.05, 4.69) is 15.0 Å². The number of fused-ring (bicyclic) bond motifs is 1. The van der Waals surface area contributed by atoms with Crippen molar-refractivity contribution in [2.45, 2.75) is 52.1 Å². The van der Waals surface area contributed by atoms with Gasteiger partial charge in [-0.15, -0.1) is 0 Å². The average molecular weight is 316 g/mol. The predicted octanol–water partition coefficient (Wildman–Crippen LogP) is 3.38. The number of amides is 1. The van der Waals surface area contributed by atoms with Gasteiger partial charge in [0.25, 0.3) is 0 Å². The lowest BCUT2D eigenvalue weighted by molar-refractivity contribution is 0.0203. The van der Waals surface area contributed by atoms with Crippen LogP contribution < -0.4 is 0 Å². The summed E-state index contributed by atoms with van der Waals surface area (Å²) in [5.74, 6) is 1.31. The van der Waals surface area contributed by atoms with Crippen LogP contribution in [0.5, 0.6) is 0 Å². The quantitative estimate of drug-likeness (QED) is 0.875. The van der Waals surface area contributed by atoms with Gasteiger partial charge in [0.1, 0.15) is 11.4 Å². The topological polar surface area (TPSA) is 71.1 Å². The van der Waals surface area contributed by atoms with Crippen molar-refractivity contribution in [1.29, 1.82) is 0 Å². The van der Waals surface area contributed by atoms with E-state index < -0.39 is 5.60 Å². The van der Waals surface area contributed by atoms with E-state index in [1.165, 1.54) is 0 Å². The van der Waals surface area contributed by atoms with E-state index >= 15 is 0 Å². The van der Waals surface area contributed by atoms with Crippen molar-refractivity contribution in [2.24, 2.45) is 0 Å². The van der Waals surface area contributed by atoms with E-state index in [-0.39, 0.29) is 6.09 Å². The van der Waals surface area contributed by atoms with Gasteiger partial charge in [0.05, 0.1) is 5.52 Å². The molecule has 1 N–H and O–H groups in total. The van der Waals surface area contributed by atoms with Crippen LogP contribution in [0.25, 0.3) is 11.2 Å². The Hall–Kier alpha value is -2.11. The van der Waals surface area contributed by atoms with Crippen LogP contribution in [0, 0.1) is 6.92 Å². The summed E-state index contributed by atoms with van der Waals surface area (Å²) in [5.41, 5.74) is 2.26. The minimum absolute atomic E-state index is 0.224. The number of aryl methyl sites for hydroxylation is 1. The molecule has 1 fully saturated rings.